The molecule has 0 aromatic carbocycles. The average molecular weight is 234 g/mol. The van der Waals surface area contributed by atoms with Gasteiger partial charge in [0.2, 0.25) is 0 Å². The lowest BCUT2D eigenvalue weighted by atomic mass is 9.95. The van der Waals surface area contributed by atoms with E-state index in [-0.39, 0.29) is 5.56 Å². The molecule has 0 aliphatic heterocycles. The number of nitrogens with zero attached hydrogens (tertiary/aromatic N) is 1. The Morgan fingerprint density at radius 2 is 2.00 bits per heavy atom. The van der Waals surface area contributed by atoms with Crippen molar-refractivity contribution in [3.8, 4) is 0 Å². The molecule has 3 nitrogen and oxygen atoms in total. The second-order valence-corrected chi connectivity index (χ2v) is 5.23. The minimum absolute atomic E-state index is 0.133. The van der Waals surface area contributed by atoms with E-state index in [1.165, 1.54) is 19.3 Å². The van der Waals surface area contributed by atoms with Gasteiger partial charge in [-0.3, -0.25) is 4.79 Å². The largest absolute Gasteiger partial charge is 0.378 e. The van der Waals surface area contributed by atoms with E-state index in [0.29, 0.717) is 12.1 Å². The van der Waals surface area contributed by atoms with E-state index in [4.69, 9.17) is 0 Å². The summed E-state index contributed by atoms with van der Waals surface area (Å²) in [4.78, 5) is 12.3. The van der Waals surface area contributed by atoms with E-state index in [1.807, 2.05) is 22.9 Å². The van der Waals surface area contributed by atoms with Crippen molar-refractivity contribution in [3.63, 3.8) is 0 Å². The van der Waals surface area contributed by atoms with Gasteiger partial charge in [0.15, 0.2) is 0 Å². The van der Waals surface area contributed by atoms with E-state index < -0.39 is 0 Å². The van der Waals surface area contributed by atoms with Gasteiger partial charge in [0.1, 0.15) is 5.69 Å². The van der Waals surface area contributed by atoms with Crippen molar-refractivity contribution in [1.29, 1.82) is 0 Å². The Labute approximate surface area is 103 Å². The molecule has 3 heteroatoms. The van der Waals surface area contributed by atoms with Crippen LogP contribution in [-0.4, -0.2) is 10.6 Å². The molecule has 1 aromatic rings. The lowest BCUT2D eigenvalue weighted by Crippen LogP contribution is -2.29. The maximum absolute atomic E-state index is 12.3. The molecule has 1 aliphatic carbocycles. The molecule has 1 saturated carbocycles. The van der Waals surface area contributed by atoms with Gasteiger partial charge < -0.3 is 9.88 Å². The zero-order valence-electron chi connectivity index (χ0n) is 10.8. The molecule has 94 valence electrons. The Morgan fingerprint density at radius 1 is 1.29 bits per heavy atom. The van der Waals surface area contributed by atoms with Gasteiger partial charge in [0.25, 0.3) is 5.56 Å². The number of anilines is 1. The van der Waals surface area contributed by atoms with Crippen molar-refractivity contribution < 1.29 is 0 Å². The van der Waals surface area contributed by atoms with Crippen LogP contribution in [0.1, 0.15) is 52.0 Å². The van der Waals surface area contributed by atoms with Crippen LogP contribution in [0.3, 0.4) is 0 Å². The van der Waals surface area contributed by atoms with Crippen molar-refractivity contribution in [1.82, 2.24) is 4.57 Å². The second kappa shape index (κ2) is 5.39. The van der Waals surface area contributed by atoms with Crippen LogP contribution in [0.15, 0.2) is 23.1 Å². The van der Waals surface area contributed by atoms with Gasteiger partial charge in [-0.1, -0.05) is 19.3 Å². The standard InChI is InChI=1S/C14H22N2O/c1-11(2)15-13-9-6-10-16(14(13)17)12-7-4-3-5-8-12/h6,9-12,15H,3-5,7-8H2,1-2H3. The van der Waals surface area contributed by atoms with Crippen molar-refractivity contribution >= 4 is 5.69 Å². The van der Waals surface area contributed by atoms with Crippen molar-refractivity contribution in [2.75, 3.05) is 5.32 Å². The highest BCUT2D eigenvalue weighted by Gasteiger charge is 2.17. The first-order valence-electron chi connectivity index (χ1n) is 6.66. The molecule has 0 saturated heterocycles. The molecule has 0 unspecified atom stereocenters. The average Bonchev–Trinajstić information content (AvgIpc) is 2.32. The van der Waals surface area contributed by atoms with Gasteiger partial charge >= 0.3 is 0 Å². The summed E-state index contributed by atoms with van der Waals surface area (Å²) in [6.07, 6.45) is 8.03. The van der Waals surface area contributed by atoms with Crippen molar-refractivity contribution in [2.24, 2.45) is 0 Å². The predicted molar refractivity (Wildman–Crippen MR) is 71.6 cm³/mol. The van der Waals surface area contributed by atoms with Crippen LogP contribution in [0, 0.1) is 0 Å². The molecular formula is C14H22N2O. The second-order valence-electron chi connectivity index (χ2n) is 5.23. The zero-order chi connectivity index (χ0) is 12.3. The summed E-state index contributed by atoms with van der Waals surface area (Å²) >= 11 is 0. The van der Waals surface area contributed by atoms with Gasteiger partial charge in [0.05, 0.1) is 0 Å². The van der Waals surface area contributed by atoms with Crippen LogP contribution in [0.2, 0.25) is 0 Å². The summed E-state index contributed by atoms with van der Waals surface area (Å²) in [6, 6.07) is 4.55. The van der Waals surface area contributed by atoms with Crippen LogP contribution >= 0.6 is 0 Å². The van der Waals surface area contributed by atoms with Gasteiger partial charge in [-0.05, 0) is 38.8 Å². The SMILES string of the molecule is CC(C)Nc1cccn(C2CCCCC2)c1=O. The third-order valence-corrected chi connectivity index (χ3v) is 3.39. The molecule has 1 heterocycles. The molecule has 0 bridgehead atoms. The first-order valence-corrected chi connectivity index (χ1v) is 6.66. The highest BCUT2D eigenvalue weighted by atomic mass is 16.1. The minimum atomic E-state index is 0.133. The number of nitrogens with one attached hydrogen (secondary N) is 1. The summed E-state index contributed by atoms with van der Waals surface area (Å²) in [7, 11) is 0. The fourth-order valence-electron chi connectivity index (χ4n) is 2.58. The molecule has 2 rings (SSSR count). The van der Waals surface area contributed by atoms with E-state index in [2.05, 4.69) is 19.2 Å². The Morgan fingerprint density at radius 3 is 2.65 bits per heavy atom. The van der Waals surface area contributed by atoms with Crippen molar-refractivity contribution in [2.45, 2.75) is 58.0 Å². The number of hydrogen-bond donors (Lipinski definition) is 1. The summed E-state index contributed by atoms with van der Waals surface area (Å²) in [5, 5.41) is 3.22. The van der Waals surface area contributed by atoms with Gasteiger partial charge in [-0.25, -0.2) is 0 Å². The Balaban J connectivity index is 2.25. The molecule has 1 aromatic heterocycles. The lowest BCUT2D eigenvalue weighted by Gasteiger charge is -2.24. The predicted octanol–water partition coefficient (Wildman–Crippen LogP) is 3.17. The van der Waals surface area contributed by atoms with Gasteiger partial charge in [-0.2, -0.15) is 0 Å². The van der Waals surface area contributed by atoms with Gasteiger partial charge in [-0.15, -0.1) is 0 Å². The van der Waals surface area contributed by atoms with Crippen LogP contribution in [-0.2, 0) is 0 Å². The molecule has 0 amide bonds. The van der Waals surface area contributed by atoms with E-state index in [0.717, 1.165) is 18.5 Å². The summed E-state index contributed by atoms with van der Waals surface area (Å²) in [6.45, 7) is 4.11. The number of hydrogen-bond acceptors (Lipinski definition) is 2. The van der Waals surface area contributed by atoms with Crippen molar-refractivity contribution in [3.05, 3.63) is 28.7 Å². The quantitative estimate of drug-likeness (QED) is 0.871. The molecule has 0 spiro atoms. The fourth-order valence-corrected chi connectivity index (χ4v) is 2.58. The van der Waals surface area contributed by atoms with E-state index >= 15 is 0 Å². The normalized spacial score (nSPS) is 17.4. The van der Waals surface area contributed by atoms with Gasteiger partial charge in [0, 0.05) is 18.3 Å². The zero-order valence-corrected chi connectivity index (χ0v) is 10.8. The Bertz CT molecular complexity index is 416. The first-order chi connectivity index (χ1) is 8.18. The minimum Gasteiger partial charge on any atom is -0.378 e. The first kappa shape index (κ1) is 12.2. The Kier molecular flexibility index (Phi) is 3.87. The summed E-state index contributed by atoms with van der Waals surface area (Å²) < 4.78 is 1.92. The molecule has 1 fully saturated rings. The maximum atomic E-state index is 12.3. The fraction of sp³-hybridized carbons (Fsp3) is 0.643. The molecule has 1 aliphatic rings. The van der Waals surface area contributed by atoms with Crippen LogP contribution in [0.25, 0.3) is 0 Å². The van der Waals surface area contributed by atoms with Crippen LogP contribution in [0.5, 0.6) is 0 Å². The van der Waals surface area contributed by atoms with Crippen LogP contribution in [0.4, 0.5) is 5.69 Å². The van der Waals surface area contributed by atoms with Crippen LogP contribution < -0.4 is 10.9 Å². The number of aromatic nitrogens is 1. The monoisotopic (exact) mass is 234 g/mol. The van der Waals surface area contributed by atoms with E-state index in [1.54, 1.807) is 0 Å². The molecule has 0 atom stereocenters. The maximum Gasteiger partial charge on any atom is 0.274 e. The summed E-state index contributed by atoms with van der Waals surface area (Å²) in [5.41, 5.74) is 0.862. The third kappa shape index (κ3) is 2.90. The highest BCUT2D eigenvalue weighted by Crippen LogP contribution is 2.26. The lowest BCUT2D eigenvalue weighted by molar-refractivity contribution is 0.346. The molecule has 17 heavy (non-hydrogen) atoms. The third-order valence-electron chi connectivity index (χ3n) is 3.39. The topological polar surface area (TPSA) is 34.0 Å². The molecule has 0 radical (unpaired) electrons. The summed E-state index contributed by atoms with van der Waals surface area (Å²) in [5.74, 6) is 0. The highest BCUT2D eigenvalue weighted by molar-refractivity contribution is 5.41. The number of rotatable bonds is 3. The molecular weight excluding hydrogens is 212 g/mol. The van der Waals surface area contributed by atoms with E-state index in [9.17, 15) is 4.79 Å². The molecule has 1 N–H and O–H groups in total. The Hall–Kier alpha value is -1.25. The number of pyridine rings is 1. The smallest absolute Gasteiger partial charge is 0.274 e.